The Kier molecular flexibility index (Phi) is 32.5. The van der Waals surface area contributed by atoms with E-state index in [4.69, 9.17) is 9.05 Å². The van der Waals surface area contributed by atoms with E-state index in [1.54, 1.807) is 6.08 Å². The van der Waals surface area contributed by atoms with Crippen LogP contribution in [0, 0.1) is 0 Å². The van der Waals surface area contributed by atoms with Crippen molar-refractivity contribution in [3.8, 4) is 0 Å². The zero-order chi connectivity index (χ0) is 43.0. The van der Waals surface area contributed by atoms with Gasteiger partial charge in [-0.3, -0.25) is 13.8 Å². The quantitative estimate of drug-likeness (QED) is 0.0172. The highest BCUT2D eigenvalue weighted by atomic mass is 31.2. The molecule has 58 heavy (non-hydrogen) atoms. The number of unbranched alkanes of at least 4 members (excludes halogenated alkanes) is 22. The first-order chi connectivity index (χ1) is 27.8. The Labute approximate surface area is 350 Å². The first kappa shape index (κ1) is 54.8. The van der Waals surface area contributed by atoms with Gasteiger partial charge >= 0.3 is 7.82 Å². The Hall–Kier alpha value is -1.22. The van der Waals surface area contributed by atoms with Crippen LogP contribution < -0.4 is 5.32 Å². The van der Waals surface area contributed by atoms with Crippen LogP contribution in [0.4, 0.5) is 0 Å². The van der Waals surface area contributed by atoms with Gasteiger partial charge in [-0.15, -0.1) is 0 Å². The van der Waals surface area contributed by atoms with Crippen LogP contribution in [0.1, 0.15) is 187 Å². The highest BCUT2D eigenvalue weighted by molar-refractivity contribution is 7.47. The van der Waals surface area contributed by atoms with Gasteiger partial charge in [-0.1, -0.05) is 173 Å². The molecule has 14 heteroatoms. The molecule has 0 aliphatic heterocycles. The smallest absolute Gasteiger partial charge is 0.393 e. The molecule has 0 aromatic rings. The van der Waals surface area contributed by atoms with E-state index in [0.29, 0.717) is 12.8 Å². The van der Waals surface area contributed by atoms with Crippen molar-refractivity contribution >= 4 is 13.7 Å². The number of phosphoric ester groups is 1. The van der Waals surface area contributed by atoms with Gasteiger partial charge in [0, 0.05) is 0 Å². The van der Waals surface area contributed by atoms with Crippen LogP contribution in [-0.2, 0) is 18.4 Å². The lowest BCUT2D eigenvalue weighted by Crippen LogP contribution is -2.64. The number of hydrogen-bond acceptors (Lipinski definition) is 11. The third kappa shape index (κ3) is 26.2. The van der Waals surface area contributed by atoms with Crippen molar-refractivity contribution in [2.75, 3.05) is 6.61 Å². The molecule has 1 amide bonds. The minimum Gasteiger partial charge on any atom is -0.393 e. The van der Waals surface area contributed by atoms with E-state index in [1.807, 2.05) is 0 Å². The van der Waals surface area contributed by atoms with E-state index in [9.17, 15) is 50.0 Å². The second-order valence-corrected chi connectivity index (χ2v) is 17.8. The number of phosphoric acid groups is 1. The number of rotatable bonds is 37. The number of allylic oxidation sites excluding steroid dienone is 3. The molecule has 0 bridgehead atoms. The van der Waals surface area contributed by atoms with Crippen molar-refractivity contribution in [2.45, 2.75) is 242 Å². The molecule has 1 aliphatic carbocycles. The van der Waals surface area contributed by atoms with Gasteiger partial charge in [0.1, 0.15) is 36.6 Å². The van der Waals surface area contributed by atoms with Crippen LogP contribution >= 0.6 is 7.82 Å². The Bertz CT molecular complexity index is 1100. The predicted molar refractivity (Wildman–Crippen MR) is 229 cm³/mol. The van der Waals surface area contributed by atoms with Crippen molar-refractivity contribution < 1.29 is 59.0 Å². The van der Waals surface area contributed by atoms with Crippen LogP contribution in [0.2, 0.25) is 0 Å². The van der Waals surface area contributed by atoms with Crippen molar-refractivity contribution in [1.82, 2.24) is 5.32 Å². The lowest BCUT2D eigenvalue weighted by molar-refractivity contribution is -0.220. The van der Waals surface area contributed by atoms with Crippen LogP contribution in [0.15, 0.2) is 24.3 Å². The van der Waals surface area contributed by atoms with Crippen LogP contribution in [0.5, 0.6) is 0 Å². The molecule has 1 rings (SSSR count). The number of carbonyl (C=O) groups is 1. The minimum atomic E-state index is -5.14. The average Bonchev–Trinajstić information content (AvgIpc) is 3.19. The highest BCUT2D eigenvalue weighted by Gasteiger charge is 2.51. The average molecular weight is 850 g/mol. The Morgan fingerprint density at radius 2 is 1.02 bits per heavy atom. The molecule has 1 saturated carbocycles. The highest BCUT2D eigenvalue weighted by Crippen LogP contribution is 2.47. The molecule has 0 heterocycles. The standard InChI is InChI=1S/C44H84NO12P/c1-3-5-7-9-11-13-14-15-16-17-18-19-20-21-22-24-25-27-29-31-35(46)33-38(48)45-36(37(47)32-30-28-26-23-12-10-8-6-4-2)34-56-58(54,55)57-44-42(52)40(50)39(49)41(51)43(44)53/h12,23,30,32,35-37,39-44,46-47,49-53H,3-11,13-22,24-29,31,33-34H2,1-2H3,(H,45,48)(H,54,55)/b23-12+,32-30+. The topological polar surface area (TPSA) is 226 Å². The third-order valence-electron chi connectivity index (χ3n) is 11.0. The number of nitrogens with one attached hydrogen (secondary N) is 1. The second-order valence-electron chi connectivity index (χ2n) is 16.4. The lowest BCUT2D eigenvalue weighted by atomic mass is 9.85. The first-order valence-electron chi connectivity index (χ1n) is 22.9. The second kappa shape index (κ2) is 34.4. The van der Waals surface area contributed by atoms with E-state index in [2.05, 4.69) is 31.3 Å². The molecule has 0 saturated heterocycles. The molecule has 9 N–H and O–H groups in total. The molecule has 1 aliphatic rings. The van der Waals surface area contributed by atoms with E-state index in [-0.39, 0.29) is 6.42 Å². The van der Waals surface area contributed by atoms with Crippen LogP contribution in [0.3, 0.4) is 0 Å². The predicted octanol–water partition coefficient (Wildman–Crippen LogP) is 7.20. The van der Waals surface area contributed by atoms with Gasteiger partial charge in [0.25, 0.3) is 0 Å². The zero-order valence-electron chi connectivity index (χ0n) is 36.0. The van der Waals surface area contributed by atoms with E-state index in [1.165, 1.54) is 109 Å². The minimum absolute atomic E-state index is 0.249. The molecule has 0 aromatic carbocycles. The summed E-state index contributed by atoms with van der Waals surface area (Å²) < 4.78 is 22.8. The maximum Gasteiger partial charge on any atom is 0.472 e. The third-order valence-corrected chi connectivity index (χ3v) is 12.0. The van der Waals surface area contributed by atoms with Gasteiger partial charge in [-0.2, -0.15) is 0 Å². The Morgan fingerprint density at radius 1 is 0.603 bits per heavy atom. The van der Waals surface area contributed by atoms with E-state index >= 15 is 0 Å². The fraction of sp³-hybridized carbons (Fsp3) is 0.886. The largest absolute Gasteiger partial charge is 0.472 e. The van der Waals surface area contributed by atoms with Gasteiger partial charge in [0.2, 0.25) is 5.91 Å². The molecule has 0 spiro atoms. The zero-order valence-corrected chi connectivity index (χ0v) is 36.9. The van der Waals surface area contributed by atoms with Crippen molar-refractivity contribution in [3.05, 3.63) is 24.3 Å². The molecule has 1 fully saturated rings. The molecular formula is C44H84NO12P. The fourth-order valence-electron chi connectivity index (χ4n) is 7.26. The Morgan fingerprint density at radius 3 is 1.52 bits per heavy atom. The monoisotopic (exact) mass is 850 g/mol. The summed E-state index contributed by atoms with van der Waals surface area (Å²) in [5.41, 5.74) is 0. The van der Waals surface area contributed by atoms with Gasteiger partial charge in [-0.25, -0.2) is 4.57 Å². The number of aliphatic hydroxyl groups is 7. The maximum absolute atomic E-state index is 12.9. The number of amides is 1. The van der Waals surface area contributed by atoms with Crippen molar-refractivity contribution in [2.24, 2.45) is 0 Å². The molecule has 342 valence electrons. The van der Waals surface area contributed by atoms with E-state index < -0.39 is 75.2 Å². The summed E-state index contributed by atoms with van der Waals surface area (Å²) in [7, 11) is -5.14. The maximum atomic E-state index is 12.9. The van der Waals surface area contributed by atoms with E-state index in [0.717, 1.165) is 51.4 Å². The molecular weight excluding hydrogens is 765 g/mol. The fourth-order valence-corrected chi connectivity index (χ4v) is 8.22. The molecule has 8 atom stereocenters. The summed E-state index contributed by atoms with van der Waals surface area (Å²) in [6.07, 6.45) is 23.0. The van der Waals surface area contributed by atoms with Gasteiger partial charge in [0.15, 0.2) is 0 Å². The molecule has 0 radical (unpaired) electrons. The summed E-state index contributed by atoms with van der Waals surface area (Å²) in [5.74, 6) is -0.603. The number of carbonyl (C=O) groups excluding carboxylic acids is 1. The Balaban J connectivity index is 2.46. The molecule has 0 aromatic heterocycles. The van der Waals surface area contributed by atoms with Gasteiger partial charge in [0.05, 0.1) is 31.3 Å². The van der Waals surface area contributed by atoms with Crippen molar-refractivity contribution in [1.29, 1.82) is 0 Å². The van der Waals surface area contributed by atoms with Crippen LogP contribution in [-0.4, -0.2) is 108 Å². The summed E-state index contributed by atoms with van der Waals surface area (Å²) in [4.78, 5) is 23.3. The molecule has 8 unspecified atom stereocenters. The first-order valence-corrected chi connectivity index (χ1v) is 24.4. The summed E-state index contributed by atoms with van der Waals surface area (Å²) >= 11 is 0. The number of aliphatic hydroxyl groups excluding tert-OH is 7. The van der Waals surface area contributed by atoms with Gasteiger partial charge < -0.3 is 46.0 Å². The van der Waals surface area contributed by atoms with Gasteiger partial charge in [-0.05, 0) is 32.1 Å². The summed E-state index contributed by atoms with van der Waals surface area (Å²) in [5, 5.41) is 74.2. The van der Waals surface area contributed by atoms with Crippen LogP contribution in [0.25, 0.3) is 0 Å². The number of hydrogen-bond donors (Lipinski definition) is 9. The van der Waals surface area contributed by atoms with Crippen molar-refractivity contribution in [3.63, 3.8) is 0 Å². The molecule has 13 nitrogen and oxygen atoms in total. The normalized spacial score (nSPS) is 24.0. The summed E-state index contributed by atoms with van der Waals surface area (Å²) in [6.45, 7) is 3.66. The SMILES string of the molecule is CCCCC/C=C/CC/C=C/C(O)C(COP(=O)(O)OC1C(O)C(O)C(O)C(O)C1O)NC(=O)CC(O)CCCCCCCCCCCCCCCCCCCCC. The summed E-state index contributed by atoms with van der Waals surface area (Å²) in [6, 6.07) is -1.25. The lowest BCUT2D eigenvalue weighted by Gasteiger charge is -2.41.